The molecular weight excluding hydrogens is 310 g/mol. The van der Waals surface area contributed by atoms with E-state index < -0.39 is 4.92 Å². The fourth-order valence-electron chi connectivity index (χ4n) is 2.04. The first-order valence-corrected chi connectivity index (χ1v) is 7.03. The van der Waals surface area contributed by atoms with Crippen LogP contribution < -0.4 is 15.0 Å². The number of rotatable bonds is 3. The predicted molar refractivity (Wildman–Crippen MR) is 90.4 cm³/mol. The molecule has 24 heavy (non-hydrogen) atoms. The number of benzene rings is 2. The summed E-state index contributed by atoms with van der Waals surface area (Å²) in [6, 6.07) is 13.7. The Kier molecular flexibility index (Phi) is 5.51. The minimum absolute atomic E-state index is 0.00519. The van der Waals surface area contributed by atoms with E-state index >= 15 is 0 Å². The Labute approximate surface area is 138 Å². The van der Waals surface area contributed by atoms with Gasteiger partial charge in [-0.1, -0.05) is 6.07 Å². The first kappa shape index (κ1) is 17.0. The van der Waals surface area contributed by atoms with Crippen LogP contribution in [0, 0.1) is 15.5 Å². The van der Waals surface area contributed by atoms with Crippen LogP contribution in [0.2, 0.25) is 0 Å². The maximum atomic E-state index is 10.5. The molecule has 0 unspecified atom stereocenters. The molecule has 1 heterocycles. The van der Waals surface area contributed by atoms with Gasteiger partial charge in [0, 0.05) is 29.8 Å². The molecule has 0 aliphatic heterocycles. The smallest absolute Gasteiger partial charge is 0.270 e. The van der Waals surface area contributed by atoms with Crippen LogP contribution in [0.5, 0.6) is 11.5 Å². The number of nitrogens with zero attached hydrogens (tertiary/aromatic N) is 1. The number of non-ortho nitro benzene ring substituents is 1. The topological polar surface area (TPSA) is 101 Å². The molecule has 0 bridgehead atoms. The van der Waals surface area contributed by atoms with E-state index in [1.165, 1.54) is 12.1 Å². The van der Waals surface area contributed by atoms with Crippen molar-refractivity contribution in [1.82, 2.24) is 4.98 Å². The average Bonchev–Trinajstić information content (AvgIpc) is 2.62. The van der Waals surface area contributed by atoms with E-state index in [0.717, 1.165) is 16.9 Å². The van der Waals surface area contributed by atoms with E-state index in [4.69, 9.17) is 14.9 Å². The highest BCUT2D eigenvalue weighted by atomic mass is 16.6. The number of nitrogens with one attached hydrogen (secondary N) is 2. The first-order chi connectivity index (χ1) is 11.5. The summed E-state index contributed by atoms with van der Waals surface area (Å²) in [4.78, 5) is 12.7. The zero-order valence-corrected chi connectivity index (χ0v) is 13.3. The van der Waals surface area contributed by atoms with Crippen molar-refractivity contribution in [2.75, 3.05) is 14.2 Å². The van der Waals surface area contributed by atoms with E-state index in [-0.39, 0.29) is 11.2 Å². The van der Waals surface area contributed by atoms with Gasteiger partial charge in [0.1, 0.15) is 17.0 Å². The highest BCUT2D eigenvalue weighted by Crippen LogP contribution is 2.18. The van der Waals surface area contributed by atoms with Crippen molar-refractivity contribution < 1.29 is 14.4 Å². The Morgan fingerprint density at radius 3 is 2.29 bits per heavy atom. The summed E-state index contributed by atoms with van der Waals surface area (Å²) >= 11 is 0. The van der Waals surface area contributed by atoms with Crippen LogP contribution in [0.4, 0.5) is 5.69 Å². The third kappa shape index (κ3) is 4.10. The first-order valence-electron chi connectivity index (χ1n) is 7.03. The molecule has 0 atom stereocenters. The summed E-state index contributed by atoms with van der Waals surface area (Å²) in [6.07, 6.45) is 1.64. The summed E-state index contributed by atoms with van der Waals surface area (Å²) < 4.78 is 9.95. The van der Waals surface area contributed by atoms with Gasteiger partial charge in [0.15, 0.2) is 0 Å². The van der Waals surface area contributed by atoms with Crippen molar-refractivity contribution >= 4 is 16.5 Å². The Morgan fingerprint density at radius 1 is 1.04 bits per heavy atom. The monoisotopic (exact) mass is 327 g/mol. The molecule has 0 aliphatic carbocycles. The molecule has 2 aromatic carbocycles. The third-order valence-corrected chi connectivity index (χ3v) is 3.28. The van der Waals surface area contributed by atoms with E-state index in [1.54, 1.807) is 32.5 Å². The zero-order valence-electron chi connectivity index (χ0n) is 13.3. The Morgan fingerprint density at radius 2 is 1.71 bits per heavy atom. The molecule has 2 N–H and O–H groups in total. The van der Waals surface area contributed by atoms with Crippen molar-refractivity contribution in [3.8, 4) is 11.5 Å². The number of hydrogen-bond donors (Lipinski definition) is 2. The molecule has 0 saturated heterocycles. The average molecular weight is 327 g/mol. The molecule has 7 nitrogen and oxygen atoms in total. The number of methoxy groups -OCH3 is 2. The number of nitro benzene ring substituents is 1. The van der Waals surface area contributed by atoms with Crippen LogP contribution in [0.25, 0.3) is 10.8 Å². The van der Waals surface area contributed by atoms with E-state index in [1.807, 2.05) is 24.3 Å². The third-order valence-electron chi connectivity index (χ3n) is 3.28. The minimum atomic E-state index is -0.466. The molecule has 0 spiro atoms. The molecule has 0 fully saturated rings. The molecule has 3 aromatic rings. The molecule has 7 heteroatoms. The van der Waals surface area contributed by atoms with Crippen LogP contribution in [-0.4, -0.2) is 24.1 Å². The second kappa shape index (κ2) is 7.77. The van der Waals surface area contributed by atoms with Crippen molar-refractivity contribution in [3.05, 3.63) is 70.3 Å². The van der Waals surface area contributed by atoms with Gasteiger partial charge in [-0.2, -0.15) is 0 Å². The predicted octanol–water partition coefficient (Wildman–Crippen LogP) is 3.26. The lowest BCUT2D eigenvalue weighted by Gasteiger charge is -2.01. The standard InChI is InChI=1S/C9H7N3O2.C8H10O2/c10-9-8-5-7(12(13)14)2-1-6(8)3-4-11-9;1-9-7-4-3-5-8(6-7)10-2/h1-5H,(H2,10,11);3-6H,1-2H3. The zero-order chi connectivity index (χ0) is 17.5. The summed E-state index contributed by atoms with van der Waals surface area (Å²) in [5, 5.41) is 19.4. The summed E-state index contributed by atoms with van der Waals surface area (Å²) in [6.45, 7) is 0. The number of H-pyrrole nitrogens is 1. The summed E-state index contributed by atoms with van der Waals surface area (Å²) in [5.41, 5.74) is 0.191. The molecule has 124 valence electrons. The number of fused-ring (bicyclic) bond motifs is 1. The maximum Gasteiger partial charge on any atom is 0.270 e. The van der Waals surface area contributed by atoms with Gasteiger partial charge < -0.3 is 14.5 Å². The molecule has 1 aromatic heterocycles. The maximum absolute atomic E-state index is 10.5. The molecule has 3 rings (SSSR count). The molecule has 0 amide bonds. The lowest BCUT2D eigenvalue weighted by Crippen LogP contribution is -2.04. The Balaban J connectivity index is 0.000000185. The van der Waals surface area contributed by atoms with Gasteiger partial charge in [0.05, 0.1) is 19.1 Å². The van der Waals surface area contributed by atoms with Crippen molar-refractivity contribution in [3.63, 3.8) is 0 Å². The van der Waals surface area contributed by atoms with E-state index in [2.05, 4.69) is 4.98 Å². The van der Waals surface area contributed by atoms with Crippen molar-refractivity contribution in [2.24, 2.45) is 0 Å². The van der Waals surface area contributed by atoms with Gasteiger partial charge >= 0.3 is 0 Å². The van der Waals surface area contributed by atoms with Crippen LogP contribution >= 0.6 is 0 Å². The molecular formula is C17H17N3O4. The second-order valence-electron chi connectivity index (χ2n) is 4.76. The van der Waals surface area contributed by atoms with E-state index in [9.17, 15) is 10.1 Å². The number of nitro groups is 1. The Hall–Kier alpha value is -3.35. The number of pyridine rings is 1. The highest BCUT2D eigenvalue weighted by molar-refractivity contribution is 5.83. The van der Waals surface area contributed by atoms with Crippen molar-refractivity contribution in [1.29, 1.82) is 5.41 Å². The van der Waals surface area contributed by atoms with Gasteiger partial charge in [0.2, 0.25) is 0 Å². The van der Waals surface area contributed by atoms with Gasteiger partial charge in [-0.25, -0.2) is 0 Å². The Bertz CT molecular complexity index is 886. The fraction of sp³-hybridized carbons (Fsp3) is 0.118. The lowest BCUT2D eigenvalue weighted by atomic mass is 10.1. The van der Waals surface area contributed by atoms with Crippen LogP contribution in [0.3, 0.4) is 0 Å². The van der Waals surface area contributed by atoms with Gasteiger partial charge in [-0.05, 0) is 29.7 Å². The largest absolute Gasteiger partial charge is 0.497 e. The molecule has 0 aliphatic rings. The van der Waals surface area contributed by atoms with E-state index in [0.29, 0.717) is 5.39 Å². The number of aromatic nitrogens is 1. The number of aromatic amines is 1. The van der Waals surface area contributed by atoms with Crippen LogP contribution in [0.15, 0.2) is 54.7 Å². The highest BCUT2D eigenvalue weighted by Gasteiger charge is 2.06. The minimum Gasteiger partial charge on any atom is -0.497 e. The van der Waals surface area contributed by atoms with Gasteiger partial charge in [0.25, 0.3) is 5.69 Å². The van der Waals surface area contributed by atoms with Crippen molar-refractivity contribution in [2.45, 2.75) is 0 Å². The number of hydrogen-bond acceptors (Lipinski definition) is 5. The molecule has 0 saturated carbocycles. The fourth-order valence-corrected chi connectivity index (χ4v) is 2.04. The molecule has 0 radical (unpaired) electrons. The number of ether oxygens (including phenoxy) is 2. The van der Waals surface area contributed by atoms with Gasteiger partial charge in [-0.15, -0.1) is 0 Å². The summed E-state index contributed by atoms with van der Waals surface area (Å²) in [5.74, 6) is 1.64. The normalized spacial score (nSPS) is 9.75. The SMILES string of the molecule is COc1cccc(OC)c1.N=c1[nH]ccc2ccc([N+](=O)[O-])cc12. The lowest BCUT2D eigenvalue weighted by molar-refractivity contribution is -0.384. The van der Waals surface area contributed by atoms with Crippen LogP contribution in [-0.2, 0) is 0 Å². The van der Waals surface area contributed by atoms with Crippen LogP contribution in [0.1, 0.15) is 0 Å². The van der Waals surface area contributed by atoms with Gasteiger partial charge in [-0.3, -0.25) is 15.5 Å². The summed E-state index contributed by atoms with van der Waals surface area (Å²) in [7, 11) is 3.27. The quantitative estimate of drug-likeness (QED) is 0.569. The second-order valence-corrected chi connectivity index (χ2v) is 4.76.